The molecule has 0 aromatic heterocycles. The average Bonchev–Trinajstić information content (AvgIpc) is 2.19. The summed E-state index contributed by atoms with van der Waals surface area (Å²) in [5.41, 5.74) is 0. The standard InChI is InChI=1S/C9H20.C3H6O2/c1-4-6-7-8-9(3)5-2;1-3(4)5-2/h9H,4-8H2,1-3H3;1-2H3. The fourth-order valence-electron chi connectivity index (χ4n) is 0.947. The summed E-state index contributed by atoms with van der Waals surface area (Å²) in [5.74, 6) is 0.710. The Labute approximate surface area is 89.0 Å². The molecule has 0 aliphatic carbocycles. The lowest BCUT2D eigenvalue weighted by Crippen LogP contribution is -1.90. The summed E-state index contributed by atoms with van der Waals surface area (Å²) in [6, 6.07) is 0. The lowest BCUT2D eigenvalue weighted by Gasteiger charge is -2.05. The topological polar surface area (TPSA) is 26.3 Å². The van der Waals surface area contributed by atoms with Crippen molar-refractivity contribution in [1.82, 2.24) is 0 Å². The normalized spacial score (nSPS) is 11.2. The second-order valence-corrected chi connectivity index (χ2v) is 3.70. The van der Waals surface area contributed by atoms with Crippen molar-refractivity contribution in [2.45, 2.75) is 59.8 Å². The van der Waals surface area contributed by atoms with Crippen LogP contribution < -0.4 is 0 Å². The number of carbonyl (C=O) groups is 1. The van der Waals surface area contributed by atoms with Crippen molar-refractivity contribution in [3.05, 3.63) is 0 Å². The van der Waals surface area contributed by atoms with E-state index in [2.05, 4.69) is 25.5 Å². The largest absolute Gasteiger partial charge is 0.469 e. The molecule has 0 rings (SSSR count). The molecule has 0 aromatic rings. The van der Waals surface area contributed by atoms with Gasteiger partial charge in [0.25, 0.3) is 0 Å². The second-order valence-electron chi connectivity index (χ2n) is 3.70. The molecule has 0 N–H and O–H groups in total. The predicted octanol–water partition coefficient (Wildman–Crippen LogP) is 3.79. The molecule has 1 unspecified atom stereocenters. The van der Waals surface area contributed by atoms with Crippen LogP contribution in [0.2, 0.25) is 0 Å². The number of hydrogen-bond acceptors (Lipinski definition) is 2. The molecule has 0 saturated carbocycles. The minimum atomic E-state index is -0.245. The van der Waals surface area contributed by atoms with E-state index in [4.69, 9.17) is 0 Å². The van der Waals surface area contributed by atoms with Gasteiger partial charge in [-0.25, -0.2) is 0 Å². The third kappa shape index (κ3) is 17.5. The predicted molar refractivity (Wildman–Crippen MR) is 61.3 cm³/mol. The van der Waals surface area contributed by atoms with Crippen molar-refractivity contribution in [2.75, 3.05) is 7.11 Å². The number of esters is 1. The van der Waals surface area contributed by atoms with Crippen LogP contribution in [0.5, 0.6) is 0 Å². The smallest absolute Gasteiger partial charge is 0.302 e. The lowest BCUT2D eigenvalue weighted by atomic mass is 10.0. The second kappa shape index (κ2) is 12.5. The molecule has 0 heterocycles. The lowest BCUT2D eigenvalue weighted by molar-refractivity contribution is -0.137. The van der Waals surface area contributed by atoms with Gasteiger partial charge in [-0.3, -0.25) is 4.79 Å². The number of methoxy groups -OCH3 is 1. The van der Waals surface area contributed by atoms with Gasteiger partial charge in [-0.15, -0.1) is 0 Å². The van der Waals surface area contributed by atoms with Crippen molar-refractivity contribution < 1.29 is 9.53 Å². The molecule has 2 nitrogen and oxygen atoms in total. The maximum atomic E-state index is 9.59. The van der Waals surface area contributed by atoms with Crippen LogP contribution in [0.3, 0.4) is 0 Å². The summed E-state index contributed by atoms with van der Waals surface area (Å²) in [4.78, 5) is 9.59. The Morgan fingerprint density at radius 3 is 2.07 bits per heavy atom. The molecular formula is C12H26O2. The van der Waals surface area contributed by atoms with E-state index in [1.54, 1.807) is 0 Å². The minimum absolute atomic E-state index is 0.245. The fraction of sp³-hybridized carbons (Fsp3) is 0.917. The first-order valence-electron chi connectivity index (χ1n) is 5.62. The Morgan fingerprint density at radius 2 is 1.79 bits per heavy atom. The van der Waals surface area contributed by atoms with Crippen LogP contribution in [0, 0.1) is 5.92 Å². The van der Waals surface area contributed by atoms with Gasteiger partial charge in [0.2, 0.25) is 0 Å². The van der Waals surface area contributed by atoms with Crippen LogP contribution in [-0.2, 0) is 9.53 Å². The summed E-state index contributed by atoms with van der Waals surface area (Å²) in [7, 11) is 1.35. The van der Waals surface area contributed by atoms with E-state index in [9.17, 15) is 4.79 Å². The molecule has 0 aliphatic rings. The Hall–Kier alpha value is -0.530. The van der Waals surface area contributed by atoms with Crippen LogP contribution in [0.15, 0.2) is 0 Å². The van der Waals surface area contributed by atoms with Crippen molar-refractivity contribution in [1.29, 1.82) is 0 Å². The van der Waals surface area contributed by atoms with Crippen molar-refractivity contribution in [3.63, 3.8) is 0 Å². The highest BCUT2D eigenvalue weighted by Crippen LogP contribution is 2.11. The molecular weight excluding hydrogens is 176 g/mol. The van der Waals surface area contributed by atoms with Crippen LogP contribution in [0.25, 0.3) is 0 Å². The molecule has 0 aliphatic heterocycles. The highest BCUT2D eigenvalue weighted by Gasteiger charge is 1.95. The van der Waals surface area contributed by atoms with E-state index in [0.717, 1.165) is 5.92 Å². The van der Waals surface area contributed by atoms with E-state index < -0.39 is 0 Å². The van der Waals surface area contributed by atoms with Crippen LogP contribution in [0.1, 0.15) is 59.8 Å². The Bertz CT molecular complexity index is 121. The number of hydrogen-bond donors (Lipinski definition) is 0. The molecule has 0 fully saturated rings. The van der Waals surface area contributed by atoms with Crippen LogP contribution in [0.4, 0.5) is 0 Å². The first kappa shape index (κ1) is 15.9. The van der Waals surface area contributed by atoms with Gasteiger partial charge in [0, 0.05) is 6.92 Å². The molecule has 0 saturated heterocycles. The van der Waals surface area contributed by atoms with Gasteiger partial charge in [-0.1, -0.05) is 52.9 Å². The average molecular weight is 202 g/mol. The first-order valence-corrected chi connectivity index (χ1v) is 5.62. The minimum Gasteiger partial charge on any atom is -0.469 e. The molecule has 0 spiro atoms. The molecule has 0 amide bonds. The summed E-state index contributed by atoms with van der Waals surface area (Å²) >= 11 is 0. The van der Waals surface area contributed by atoms with Gasteiger partial charge >= 0.3 is 5.97 Å². The van der Waals surface area contributed by atoms with Crippen molar-refractivity contribution in [3.8, 4) is 0 Å². The Balaban J connectivity index is 0. The number of ether oxygens (including phenoxy) is 1. The van der Waals surface area contributed by atoms with Gasteiger partial charge in [-0.05, 0) is 5.92 Å². The number of carbonyl (C=O) groups excluding carboxylic acids is 1. The summed E-state index contributed by atoms with van der Waals surface area (Å²) in [6.07, 6.45) is 7.00. The maximum absolute atomic E-state index is 9.59. The van der Waals surface area contributed by atoms with E-state index in [0.29, 0.717) is 0 Å². The Kier molecular flexibility index (Phi) is 14.2. The van der Waals surface area contributed by atoms with Crippen molar-refractivity contribution >= 4 is 5.97 Å². The molecule has 0 radical (unpaired) electrons. The van der Waals surface area contributed by atoms with Crippen LogP contribution in [-0.4, -0.2) is 13.1 Å². The molecule has 2 heteroatoms. The summed E-state index contributed by atoms with van der Waals surface area (Å²) in [6.45, 7) is 8.24. The fourth-order valence-corrected chi connectivity index (χ4v) is 0.947. The first-order chi connectivity index (χ1) is 6.58. The maximum Gasteiger partial charge on any atom is 0.302 e. The zero-order chi connectivity index (χ0) is 11.4. The zero-order valence-electron chi connectivity index (χ0n) is 10.4. The van der Waals surface area contributed by atoms with E-state index in [-0.39, 0.29) is 5.97 Å². The number of unbranched alkanes of at least 4 members (excludes halogenated alkanes) is 2. The van der Waals surface area contributed by atoms with Crippen molar-refractivity contribution in [2.24, 2.45) is 5.92 Å². The van der Waals surface area contributed by atoms with Gasteiger partial charge in [0.15, 0.2) is 0 Å². The zero-order valence-corrected chi connectivity index (χ0v) is 10.4. The molecule has 14 heavy (non-hydrogen) atoms. The summed E-state index contributed by atoms with van der Waals surface area (Å²) in [5, 5.41) is 0. The molecule has 1 atom stereocenters. The van der Waals surface area contributed by atoms with Crippen LogP contribution >= 0.6 is 0 Å². The molecule has 86 valence electrons. The molecule has 0 aromatic carbocycles. The van der Waals surface area contributed by atoms with E-state index in [1.165, 1.54) is 46.1 Å². The highest BCUT2D eigenvalue weighted by atomic mass is 16.5. The molecule has 0 bridgehead atoms. The van der Waals surface area contributed by atoms with Gasteiger partial charge < -0.3 is 4.74 Å². The third-order valence-corrected chi connectivity index (χ3v) is 2.28. The Morgan fingerprint density at radius 1 is 1.29 bits per heavy atom. The van der Waals surface area contributed by atoms with E-state index >= 15 is 0 Å². The summed E-state index contributed by atoms with van der Waals surface area (Å²) < 4.78 is 4.11. The van der Waals surface area contributed by atoms with Gasteiger partial charge in [0.05, 0.1) is 7.11 Å². The SMILES string of the molecule is CCCCCC(C)CC.COC(C)=O. The monoisotopic (exact) mass is 202 g/mol. The van der Waals surface area contributed by atoms with Gasteiger partial charge in [-0.2, -0.15) is 0 Å². The quantitative estimate of drug-likeness (QED) is 0.501. The van der Waals surface area contributed by atoms with Gasteiger partial charge in [0.1, 0.15) is 0 Å². The van der Waals surface area contributed by atoms with E-state index in [1.807, 2.05) is 0 Å². The number of rotatable bonds is 5. The third-order valence-electron chi connectivity index (χ3n) is 2.28. The highest BCUT2D eigenvalue weighted by molar-refractivity contribution is 5.65.